The van der Waals surface area contributed by atoms with E-state index >= 15 is 0 Å². The summed E-state index contributed by atoms with van der Waals surface area (Å²) in [5.74, 6) is 0. The zero-order valence-electron chi connectivity index (χ0n) is 11.4. The fraction of sp³-hybridized carbons (Fsp3) is 0. The first-order valence-electron chi connectivity index (χ1n) is 6.40. The predicted molar refractivity (Wildman–Crippen MR) is 90.4 cm³/mol. The molecule has 9 heteroatoms. The quantitative estimate of drug-likeness (QED) is 0.537. The molecule has 0 aliphatic carbocycles. The molecule has 7 nitrogen and oxygen atoms in total. The van der Waals surface area contributed by atoms with Crippen LogP contribution in [-0.4, -0.2) is 15.9 Å². The van der Waals surface area contributed by atoms with Gasteiger partial charge in [0, 0.05) is 22.8 Å². The molecule has 2 amide bonds. The number of non-ortho nitro benzene ring substituents is 1. The molecule has 0 aliphatic heterocycles. The molecule has 2 aromatic carbocycles. The number of nitro groups is 1. The summed E-state index contributed by atoms with van der Waals surface area (Å²) in [5.41, 5.74) is 1.14. The maximum absolute atomic E-state index is 11.9. The van der Waals surface area contributed by atoms with Crippen molar-refractivity contribution in [1.29, 1.82) is 0 Å². The number of fused-ring (bicyclic) bond motifs is 1. The molecule has 0 saturated heterocycles. The van der Waals surface area contributed by atoms with Gasteiger partial charge in [0.2, 0.25) is 0 Å². The van der Waals surface area contributed by atoms with Crippen LogP contribution in [-0.2, 0) is 0 Å². The van der Waals surface area contributed by atoms with Gasteiger partial charge in [-0.05, 0) is 30.3 Å². The normalized spacial score (nSPS) is 10.5. The molecule has 3 aromatic rings. The smallest absolute Gasteiger partial charge is 0.308 e. The number of carbonyl (C=O) groups excluding carboxylic acids is 1. The number of thiazole rings is 1. The summed E-state index contributed by atoms with van der Waals surface area (Å²) in [6, 6.07) is 10.3. The predicted octanol–water partition coefficient (Wildman–Crippen LogP) is 4.50. The SMILES string of the molecule is O=C(Nc1ccc([N+](=O)[O-])cc1)Nc1nc2ccc(Cl)cc2s1. The van der Waals surface area contributed by atoms with Crippen molar-refractivity contribution in [2.75, 3.05) is 10.6 Å². The number of nitrogens with zero attached hydrogens (tertiary/aromatic N) is 2. The van der Waals surface area contributed by atoms with Gasteiger partial charge in [-0.3, -0.25) is 15.4 Å². The highest BCUT2D eigenvalue weighted by molar-refractivity contribution is 7.22. The van der Waals surface area contributed by atoms with E-state index in [1.54, 1.807) is 18.2 Å². The van der Waals surface area contributed by atoms with Gasteiger partial charge in [-0.15, -0.1) is 0 Å². The van der Waals surface area contributed by atoms with Crippen LogP contribution in [0.4, 0.5) is 21.3 Å². The summed E-state index contributed by atoms with van der Waals surface area (Å²) in [7, 11) is 0. The number of nitrogens with one attached hydrogen (secondary N) is 2. The van der Waals surface area contributed by atoms with Gasteiger partial charge >= 0.3 is 6.03 Å². The van der Waals surface area contributed by atoms with Crippen molar-refractivity contribution in [2.24, 2.45) is 0 Å². The van der Waals surface area contributed by atoms with Gasteiger partial charge in [0.05, 0.1) is 15.1 Å². The summed E-state index contributed by atoms with van der Waals surface area (Å²) in [6.45, 7) is 0. The van der Waals surface area contributed by atoms with Crippen molar-refractivity contribution in [3.8, 4) is 0 Å². The molecule has 0 saturated carbocycles. The first-order chi connectivity index (χ1) is 11.0. The Hall–Kier alpha value is -2.71. The highest BCUT2D eigenvalue weighted by Gasteiger charge is 2.09. The Morgan fingerprint density at radius 1 is 1.17 bits per heavy atom. The van der Waals surface area contributed by atoms with Gasteiger partial charge in [-0.25, -0.2) is 9.78 Å². The first-order valence-corrected chi connectivity index (χ1v) is 7.59. The topological polar surface area (TPSA) is 97.2 Å². The van der Waals surface area contributed by atoms with Gasteiger partial charge in [-0.1, -0.05) is 22.9 Å². The lowest BCUT2D eigenvalue weighted by atomic mass is 10.3. The Morgan fingerprint density at radius 2 is 1.91 bits per heavy atom. The molecule has 0 spiro atoms. The number of carbonyl (C=O) groups is 1. The third-order valence-electron chi connectivity index (χ3n) is 2.91. The number of rotatable bonds is 3. The third kappa shape index (κ3) is 3.55. The van der Waals surface area contributed by atoms with Gasteiger partial charge in [0.25, 0.3) is 5.69 Å². The number of hydrogen-bond acceptors (Lipinski definition) is 5. The van der Waals surface area contributed by atoms with Crippen LogP contribution in [0.3, 0.4) is 0 Å². The zero-order chi connectivity index (χ0) is 16.4. The molecule has 0 atom stereocenters. The van der Waals surface area contributed by atoms with Gasteiger partial charge in [0.1, 0.15) is 0 Å². The van der Waals surface area contributed by atoms with Gasteiger partial charge in [-0.2, -0.15) is 0 Å². The second-order valence-electron chi connectivity index (χ2n) is 4.51. The average Bonchev–Trinajstić information content (AvgIpc) is 2.88. The van der Waals surface area contributed by atoms with E-state index in [-0.39, 0.29) is 5.69 Å². The molecule has 1 aromatic heterocycles. The Morgan fingerprint density at radius 3 is 2.61 bits per heavy atom. The molecule has 116 valence electrons. The van der Waals surface area contributed by atoms with E-state index in [1.807, 2.05) is 0 Å². The number of nitro benzene ring substituents is 1. The number of benzene rings is 2. The summed E-state index contributed by atoms with van der Waals surface area (Å²) in [5, 5.41) is 16.8. The average molecular weight is 349 g/mol. The monoisotopic (exact) mass is 348 g/mol. The standard InChI is InChI=1S/C14H9ClN4O3S/c15-8-1-6-11-12(7-8)23-14(17-11)18-13(20)16-9-2-4-10(5-3-9)19(21)22/h1-7H,(H2,16,17,18,20). The molecular weight excluding hydrogens is 340 g/mol. The van der Waals surface area contributed by atoms with Crippen molar-refractivity contribution in [3.63, 3.8) is 0 Å². The minimum absolute atomic E-state index is 0.0426. The summed E-state index contributed by atoms with van der Waals surface area (Å²) in [4.78, 5) is 26.3. The van der Waals surface area contributed by atoms with Crippen LogP contribution in [0.15, 0.2) is 42.5 Å². The fourth-order valence-electron chi connectivity index (χ4n) is 1.88. The first kappa shape index (κ1) is 15.2. The van der Waals surface area contributed by atoms with Crippen LogP contribution in [0, 0.1) is 10.1 Å². The van der Waals surface area contributed by atoms with Crippen LogP contribution in [0.25, 0.3) is 10.2 Å². The van der Waals surface area contributed by atoms with Crippen molar-refractivity contribution in [3.05, 3.63) is 57.6 Å². The number of anilines is 2. The van der Waals surface area contributed by atoms with E-state index in [1.165, 1.54) is 35.6 Å². The van der Waals surface area contributed by atoms with Crippen molar-refractivity contribution in [2.45, 2.75) is 0 Å². The Balaban J connectivity index is 1.69. The van der Waals surface area contributed by atoms with E-state index in [9.17, 15) is 14.9 Å². The number of hydrogen-bond donors (Lipinski definition) is 2. The van der Waals surface area contributed by atoms with Crippen molar-refractivity contribution >= 4 is 55.7 Å². The summed E-state index contributed by atoms with van der Waals surface area (Å²) in [6.07, 6.45) is 0. The largest absolute Gasteiger partial charge is 0.325 e. The fourth-order valence-corrected chi connectivity index (χ4v) is 3.01. The maximum Gasteiger partial charge on any atom is 0.325 e. The highest BCUT2D eigenvalue weighted by atomic mass is 35.5. The lowest BCUT2D eigenvalue weighted by Crippen LogP contribution is -2.19. The van der Waals surface area contributed by atoms with Crippen LogP contribution >= 0.6 is 22.9 Å². The van der Waals surface area contributed by atoms with E-state index in [4.69, 9.17) is 11.6 Å². The Kier molecular flexibility index (Phi) is 4.09. The summed E-state index contributed by atoms with van der Waals surface area (Å²) < 4.78 is 0.864. The van der Waals surface area contributed by atoms with Crippen LogP contribution < -0.4 is 10.6 Å². The molecule has 2 N–H and O–H groups in total. The second-order valence-corrected chi connectivity index (χ2v) is 5.98. The molecule has 0 aliphatic rings. The number of aromatic nitrogens is 1. The highest BCUT2D eigenvalue weighted by Crippen LogP contribution is 2.28. The molecular formula is C14H9ClN4O3S. The molecule has 3 rings (SSSR count). The van der Waals surface area contributed by atoms with Gasteiger partial charge < -0.3 is 5.32 Å². The summed E-state index contributed by atoms with van der Waals surface area (Å²) >= 11 is 7.21. The molecule has 1 heterocycles. The lowest BCUT2D eigenvalue weighted by Gasteiger charge is -2.04. The number of urea groups is 1. The minimum atomic E-state index is -0.504. The molecule has 0 unspecified atom stereocenters. The van der Waals surface area contributed by atoms with Crippen LogP contribution in [0.1, 0.15) is 0 Å². The van der Waals surface area contributed by atoms with Gasteiger partial charge in [0.15, 0.2) is 5.13 Å². The van der Waals surface area contributed by atoms with E-state index in [0.717, 1.165) is 10.2 Å². The Labute approximate surface area is 139 Å². The molecule has 0 bridgehead atoms. The van der Waals surface area contributed by atoms with E-state index in [2.05, 4.69) is 15.6 Å². The third-order valence-corrected chi connectivity index (χ3v) is 4.08. The maximum atomic E-state index is 11.9. The van der Waals surface area contributed by atoms with Crippen LogP contribution in [0.5, 0.6) is 0 Å². The number of amides is 2. The molecule has 23 heavy (non-hydrogen) atoms. The number of halogens is 1. The Bertz CT molecular complexity index is 895. The van der Waals surface area contributed by atoms with Crippen molar-refractivity contribution < 1.29 is 9.72 Å². The van der Waals surface area contributed by atoms with E-state index in [0.29, 0.717) is 15.8 Å². The van der Waals surface area contributed by atoms with Crippen molar-refractivity contribution in [1.82, 2.24) is 4.98 Å². The van der Waals surface area contributed by atoms with E-state index < -0.39 is 11.0 Å². The van der Waals surface area contributed by atoms with Crippen LogP contribution in [0.2, 0.25) is 5.02 Å². The minimum Gasteiger partial charge on any atom is -0.308 e. The molecule has 0 fully saturated rings. The zero-order valence-corrected chi connectivity index (χ0v) is 13.0. The molecule has 0 radical (unpaired) electrons. The second kappa shape index (κ2) is 6.19. The lowest BCUT2D eigenvalue weighted by molar-refractivity contribution is -0.384.